The van der Waals surface area contributed by atoms with Crippen LogP contribution in [0.4, 0.5) is 17.2 Å². The largest absolute Gasteiger partial charge is 1.00 e. The Labute approximate surface area is 221 Å². The number of rotatable bonds is 7. The minimum Gasteiger partial charge on any atom is -1.00 e. The Hall–Kier alpha value is -0.760. The van der Waals surface area contributed by atoms with E-state index in [0.29, 0.717) is 0 Å². The molecular formula is C14H14ClN4Na2O8P. The van der Waals surface area contributed by atoms with Gasteiger partial charge in [0.1, 0.15) is 11.4 Å². The smallest absolute Gasteiger partial charge is 1.00 e. The van der Waals surface area contributed by atoms with Crippen LogP contribution in [0.3, 0.4) is 0 Å². The summed E-state index contributed by atoms with van der Waals surface area (Å²) in [6.45, 7) is 0.547. The monoisotopic (exact) mass is 478 g/mol. The summed E-state index contributed by atoms with van der Waals surface area (Å²) in [7, 11) is -4.90. The number of nitro groups is 1. The third-order valence-electron chi connectivity index (χ3n) is 3.35. The van der Waals surface area contributed by atoms with E-state index < -0.39 is 25.1 Å². The average molecular weight is 479 g/mol. The summed E-state index contributed by atoms with van der Waals surface area (Å²) >= 11 is 5.92. The molecule has 0 unspecified atom stereocenters. The van der Waals surface area contributed by atoms with Crippen LogP contribution < -0.4 is 59.1 Å². The van der Waals surface area contributed by atoms with Crippen LogP contribution in [0.25, 0.3) is 0 Å². The van der Waals surface area contributed by atoms with Crippen LogP contribution in [-0.2, 0) is 15.7 Å². The van der Waals surface area contributed by atoms with Crippen molar-refractivity contribution in [1.82, 2.24) is 4.98 Å². The Bertz CT molecular complexity index is 1040. The van der Waals surface area contributed by atoms with Crippen LogP contribution in [0.2, 0.25) is 5.02 Å². The molecule has 0 bridgehead atoms. The SMILES string of the molecule is Cc1nc(N=Nc2cc([N+](=O)[O-])ccc2Cl)c(COP(=O)(O)O)c(C=O)c1O.[H-].[H-].[Na+].[Na+]. The zero-order valence-electron chi connectivity index (χ0n) is 18.0. The van der Waals surface area contributed by atoms with E-state index in [2.05, 4.69) is 19.7 Å². The van der Waals surface area contributed by atoms with Gasteiger partial charge in [-0.3, -0.25) is 19.4 Å². The summed E-state index contributed by atoms with van der Waals surface area (Å²) in [5.74, 6) is -0.819. The molecule has 0 aliphatic carbocycles. The molecular weight excluding hydrogens is 465 g/mol. The van der Waals surface area contributed by atoms with Gasteiger partial charge in [0.15, 0.2) is 12.1 Å². The minimum absolute atomic E-state index is 0. The van der Waals surface area contributed by atoms with E-state index >= 15 is 0 Å². The van der Waals surface area contributed by atoms with Crippen LogP contribution in [-0.4, -0.2) is 31.1 Å². The predicted octanol–water partition coefficient (Wildman–Crippen LogP) is -2.27. The van der Waals surface area contributed by atoms with Gasteiger partial charge in [0, 0.05) is 17.7 Å². The van der Waals surface area contributed by atoms with Gasteiger partial charge in [-0.1, -0.05) is 11.6 Å². The number of carbonyl (C=O) groups excluding carboxylic acids is 1. The summed E-state index contributed by atoms with van der Waals surface area (Å²) < 4.78 is 15.3. The molecule has 0 amide bonds. The maximum Gasteiger partial charge on any atom is 1.00 e. The number of hydrogen-bond donors (Lipinski definition) is 3. The number of aryl methyl sites for hydroxylation is 1. The van der Waals surface area contributed by atoms with Crippen LogP contribution in [0.15, 0.2) is 28.4 Å². The van der Waals surface area contributed by atoms with E-state index in [1.165, 1.54) is 13.0 Å². The van der Waals surface area contributed by atoms with Crippen molar-refractivity contribution in [2.24, 2.45) is 10.2 Å². The molecule has 0 aliphatic heterocycles. The van der Waals surface area contributed by atoms with Crippen molar-refractivity contribution in [3.05, 3.63) is 50.2 Å². The van der Waals surface area contributed by atoms with Crippen molar-refractivity contribution >= 4 is 42.9 Å². The molecule has 2 rings (SSSR count). The van der Waals surface area contributed by atoms with Gasteiger partial charge in [0.25, 0.3) is 5.69 Å². The molecule has 1 heterocycles. The molecule has 0 spiro atoms. The zero-order valence-corrected chi connectivity index (χ0v) is 21.7. The molecule has 30 heavy (non-hydrogen) atoms. The Morgan fingerprint density at radius 3 is 2.53 bits per heavy atom. The molecule has 1 aromatic heterocycles. The molecule has 16 heteroatoms. The molecule has 2 aromatic rings. The maximum absolute atomic E-state index is 11.3. The van der Waals surface area contributed by atoms with E-state index in [4.69, 9.17) is 21.4 Å². The number of non-ortho nitro benzene ring substituents is 1. The standard InChI is InChI=1S/C14H12ClN4O8P.2Na.2H/c1-7-13(21)9(5-20)10(6-27-28(24,25)26)14(16-7)18-17-12-4-8(19(22)23)2-3-11(12)15;;;;/h2-5,21H,6H2,1H3,(H2,24,25,26);;;;/q;2*+1;2*-1. The Morgan fingerprint density at radius 2 is 2.00 bits per heavy atom. The average Bonchev–Trinajstić information content (AvgIpc) is 2.61. The fourth-order valence-corrected chi connectivity index (χ4v) is 2.48. The summed E-state index contributed by atoms with van der Waals surface area (Å²) in [5.41, 5.74) is -0.988. The van der Waals surface area contributed by atoms with E-state index in [0.717, 1.165) is 12.1 Å². The first-order valence-corrected chi connectivity index (χ1v) is 9.17. The second kappa shape index (κ2) is 12.3. The molecule has 3 N–H and O–H groups in total. The molecule has 1 aromatic carbocycles. The third-order valence-corrected chi connectivity index (χ3v) is 4.14. The van der Waals surface area contributed by atoms with Gasteiger partial charge in [-0.05, 0) is 13.0 Å². The zero-order chi connectivity index (χ0) is 21.1. The topological polar surface area (TPSA) is 185 Å². The second-order valence-corrected chi connectivity index (χ2v) is 6.88. The van der Waals surface area contributed by atoms with E-state index in [1.807, 2.05) is 0 Å². The fraction of sp³-hybridized carbons (Fsp3) is 0.143. The van der Waals surface area contributed by atoms with Gasteiger partial charge in [-0.15, -0.1) is 10.2 Å². The first kappa shape index (κ1) is 29.2. The number of aldehydes is 1. The van der Waals surface area contributed by atoms with Gasteiger partial charge < -0.3 is 17.7 Å². The predicted molar refractivity (Wildman–Crippen MR) is 97.4 cm³/mol. The van der Waals surface area contributed by atoms with Crippen molar-refractivity contribution in [2.45, 2.75) is 13.5 Å². The first-order chi connectivity index (χ1) is 13.0. The molecule has 12 nitrogen and oxygen atoms in total. The molecule has 152 valence electrons. The number of nitro benzene ring substituents is 1. The number of carbonyl (C=O) groups is 1. The summed E-state index contributed by atoms with van der Waals surface area (Å²) in [6, 6.07) is 3.44. The third kappa shape index (κ3) is 7.74. The number of pyridine rings is 1. The van der Waals surface area contributed by atoms with Crippen molar-refractivity contribution in [3.8, 4) is 5.75 Å². The number of aromatic nitrogens is 1. The first-order valence-electron chi connectivity index (χ1n) is 7.27. The number of hydrogen-bond acceptors (Lipinski definition) is 9. The second-order valence-electron chi connectivity index (χ2n) is 5.24. The number of nitrogens with zero attached hydrogens (tertiary/aromatic N) is 4. The van der Waals surface area contributed by atoms with Crippen molar-refractivity contribution in [2.75, 3.05) is 0 Å². The number of phosphoric ester groups is 1. The van der Waals surface area contributed by atoms with E-state index in [-0.39, 0.29) is 107 Å². The molecule has 0 aliphatic rings. The Morgan fingerprint density at radius 1 is 1.37 bits per heavy atom. The quantitative estimate of drug-likeness (QED) is 0.0985. The van der Waals surface area contributed by atoms with Crippen LogP contribution in [0.5, 0.6) is 5.75 Å². The van der Waals surface area contributed by atoms with Crippen molar-refractivity contribution in [1.29, 1.82) is 0 Å². The molecule has 0 saturated carbocycles. The normalized spacial score (nSPS) is 10.9. The number of halogens is 1. The molecule has 0 fully saturated rings. The van der Waals surface area contributed by atoms with E-state index in [9.17, 15) is 24.6 Å². The van der Waals surface area contributed by atoms with Crippen molar-refractivity contribution in [3.63, 3.8) is 0 Å². The number of phosphoric acid groups is 1. The van der Waals surface area contributed by atoms with Crippen molar-refractivity contribution < 1.29 is 95.7 Å². The Kier molecular flexibility index (Phi) is 12.0. The molecule has 0 atom stereocenters. The molecule has 0 radical (unpaired) electrons. The van der Waals surface area contributed by atoms with Gasteiger partial charge >= 0.3 is 66.9 Å². The summed E-state index contributed by atoms with van der Waals surface area (Å²) in [4.78, 5) is 43.2. The number of azo groups is 1. The minimum atomic E-state index is -4.90. The number of benzene rings is 1. The van der Waals surface area contributed by atoms with E-state index in [1.54, 1.807) is 0 Å². The Balaban J connectivity index is -0.00000210. The van der Waals surface area contributed by atoms with Gasteiger partial charge in [0.05, 0.1) is 27.8 Å². The van der Waals surface area contributed by atoms with Gasteiger partial charge in [-0.2, -0.15) is 0 Å². The van der Waals surface area contributed by atoms with Crippen LogP contribution in [0, 0.1) is 17.0 Å². The van der Waals surface area contributed by atoms with Crippen LogP contribution in [0.1, 0.15) is 24.5 Å². The summed E-state index contributed by atoms with van der Waals surface area (Å²) in [6.07, 6.45) is 0.238. The molecule has 0 saturated heterocycles. The van der Waals surface area contributed by atoms with Gasteiger partial charge in [-0.25, -0.2) is 9.55 Å². The summed E-state index contributed by atoms with van der Waals surface area (Å²) in [5, 5.41) is 28.3. The fourth-order valence-electron chi connectivity index (χ4n) is 2.03. The maximum atomic E-state index is 11.3. The number of aromatic hydroxyl groups is 1. The van der Waals surface area contributed by atoms with Crippen LogP contribution >= 0.6 is 19.4 Å². The van der Waals surface area contributed by atoms with Gasteiger partial charge in [0.2, 0.25) is 0 Å².